The Morgan fingerprint density at radius 3 is 2.53 bits per heavy atom. The molecule has 1 rings (SSSR count). The number of hydrogen-bond acceptors (Lipinski definition) is 3. The standard InChI is InChI=1S/C14H22FN3O/c1-10(2)18(11(3)4)8-7-17-14(19)12-5-6-16-9-13(12)15/h5-6,9-11H,7-8H2,1-4H3,(H,17,19). The second kappa shape index (κ2) is 7.19. The van der Waals surface area contributed by atoms with Crippen LogP contribution in [0.5, 0.6) is 0 Å². The summed E-state index contributed by atoms with van der Waals surface area (Å²) in [5.41, 5.74) is 0.0376. The monoisotopic (exact) mass is 267 g/mol. The number of rotatable bonds is 6. The highest BCUT2D eigenvalue weighted by Gasteiger charge is 2.14. The normalized spacial score (nSPS) is 11.4. The van der Waals surface area contributed by atoms with Gasteiger partial charge in [0.05, 0.1) is 11.8 Å². The van der Waals surface area contributed by atoms with E-state index < -0.39 is 11.7 Å². The largest absolute Gasteiger partial charge is 0.351 e. The minimum atomic E-state index is -0.593. The molecule has 4 nitrogen and oxygen atoms in total. The summed E-state index contributed by atoms with van der Waals surface area (Å²) in [6.45, 7) is 9.70. The first kappa shape index (κ1) is 15.6. The number of aromatic nitrogens is 1. The van der Waals surface area contributed by atoms with Crippen LogP contribution in [-0.4, -0.2) is 41.0 Å². The van der Waals surface area contributed by atoms with Crippen molar-refractivity contribution in [3.05, 3.63) is 29.8 Å². The van der Waals surface area contributed by atoms with Gasteiger partial charge in [-0.2, -0.15) is 0 Å². The Labute approximate surface area is 114 Å². The smallest absolute Gasteiger partial charge is 0.254 e. The molecule has 19 heavy (non-hydrogen) atoms. The number of carbonyl (C=O) groups excluding carboxylic acids is 1. The molecule has 0 saturated carbocycles. The number of pyridine rings is 1. The summed E-state index contributed by atoms with van der Waals surface area (Å²) < 4.78 is 13.3. The second-order valence-electron chi connectivity index (χ2n) is 5.04. The molecule has 0 aliphatic carbocycles. The van der Waals surface area contributed by atoms with Gasteiger partial charge in [0.15, 0.2) is 5.82 Å². The van der Waals surface area contributed by atoms with Crippen molar-refractivity contribution in [2.24, 2.45) is 0 Å². The number of halogens is 1. The first-order chi connectivity index (χ1) is 8.93. The van der Waals surface area contributed by atoms with Gasteiger partial charge in [0.25, 0.3) is 5.91 Å². The molecule has 0 fully saturated rings. The Morgan fingerprint density at radius 2 is 2.00 bits per heavy atom. The summed E-state index contributed by atoms with van der Waals surface area (Å²) in [6, 6.07) is 2.21. The van der Waals surface area contributed by atoms with Crippen molar-refractivity contribution >= 4 is 5.91 Å². The van der Waals surface area contributed by atoms with Crippen LogP contribution in [0.2, 0.25) is 0 Å². The van der Waals surface area contributed by atoms with Crippen molar-refractivity contribution in [3.63, 3.8) is 0 Å². The van der Waals surface area contributed by atoms with Gasteiger partial charge in [0.2, 0.25) is 0 Å². The van der Waals surface area contributed by atoms with E-state index in [-0.39, 0.29) is 5.56 Å². The van der Waals surface area contributed by atoms with Crippen molar-refractivity contribution in [3.8, 4) is 0 Å². The molecule has 0 aromatic carbocycles. The van der Waals surface area contributed by atoms with Crippen LogP contribution in [0.4, 0.5) is 4.39 Å². The fourth-order valence-electron chi connectivity index (χ4n) is 2.07. The summed E-state index contributed by atoms with van der Waals surface area (Å²) >= 11 is 0. The van der Waals surface area contributed by atoms with Gasteiger partial charge in [-0.3, -0.25) is 14.7 Å². The Bertz CT molecular complexity index is 413. The van der Waals surface area contributed by atoms with E-state index >= 15 is 0 Å². The third kappa shape index (κ3) is 4.59. The molecule has 1 aromatic heterocycles. The second-order valence-corrected chi connectivity index (χ2v) is 5.04. The van der Waals surface area contributed by atoms with Gasteiger partial charge in [-0.15, -0.1) is 0 Å². The van der Waals surface area contributed by atoms with Crippen molar-refractivity contribution in [2.45, 2.75) is 39.8 Å². The van der Waals surface area contributed by atoms with Gasteiger partial charge in [0, 0.05) is 31.4 Å². The maximum atomic E-state index is 13.3. The van der Waals surface area contributed by atoms with Crippen LogP contribution in [0.25, 0.3) is 0 Å². The van der Waals surface area contributed by atoms with Crippen molar-refractivity contribution in [1.29, 1.82) is 0 Å². The molecule has 0 unspecified atom stereocenters. The molecule has 0 saturated heterocycles. The van der Waals surface area contributed by atoms with Gasteiger partial charge in [0.1, 0.15) is 0 Å². The fraction of sp³-hybridized carbons (Fsp3) is 0.571. The predicted molar refractivity (Wildman–Crippen MR) is 73.5 cm³/mol. The van der Waals surface area contributed by atoms with Crippen molar-refractivity contribution < 1.29 is 9.18 Å². The molecular formula is C14H22FN3O. The number of amides is 1. The first-order valence-electron chi connectivity index (χ1n) is 6.57. The molecule has 0 spiro atoms. The Morgan fingerprint density at radius 1 is 1.37 bits per heavy atom. The van der Waals surface area contributed by atoms with Gasteiger partial charge >= 0.3 is 0 Å². The average Bonchev–Trinajstić information content (AvgIpc) is 2.33. The Kier molecular flexibility index (Phi) is 5.89. The lowest BCUT2D eigenvalue weighted by molar-refractivity contribution is 0.0935. The molecule has 1 N–H and O–H groups in total. The number of hydrogen-bond donors (Lipinski definition) is 1. The highest BCUT2D eigenvalue weighted by Crippen LogP contribution is 2.05. The zero-order valence-corrected chi connectivity index (χ0v) is 12.0. The van der Waals surface area contributed by atoms with E-state index in [0.717, 1.165) is 12.7 Å². The van der Waals surface area contributed by atoms with E-state index in [2.05, 4.69) is 42.9 Å². The van der Waals surface area contributed by atoms with E-state index in [1.54, 1.807) is 0 Å². The lowest BCUT2D eigenvalue weighted by Crippen LogP contribution is -2.42. The van der Waals surface area contributed by atoms with Crippen molar-refractivity contribution in [1.82, 2.24) is 15.2 Å². The van der Waals surface area contributed by atoms with Crippen molar-refractivity contribution in [2.75, 3.05) is 13.1 Å². The fourth-order valence-corrected chi connectivity index (χ4v) is 2.07. The predicted octanol–water partition coefficient (Wildman–Crippen LogP) is 2.07. The summed E-state index contributed by atoms with van der Waals surface area (Å²) in [7, 11) is 0. The van der Waals surface area contributed by atoms with E-state index in [1.165, 1.54) is 12.3 Å². The zero-order valence-electron chi connectivity index (χ0n) is 12.0. The molecule has 0 aliphatic heterocycles. The number of carbonyl (C=O) groups is 1. The molecule has 0 atom stereocenters. The SMILES string of the molecule is CC(C)N(CCNC(=O)c1ccncc1F)C(C)C. The molecule has 0 bridgehead atoms. The molecule has 0 aliphatic rings. The minimum Gasteiger partial charge on any atom is -0.351 e. The molecule has 5 heteroatoms. The van der Waals surface area contributed by atoms with E-state index in [9.17, 15) is 9.18 Å². The maximum Gasteiger partial charge on any atom is 0.254 e. The quantitative estimate of drug-likeness (QED) is 0.858. The first-order valence-corrected chi connectivity index (χ1v) is 6.57. The third-order valence-corrected chi connectivity index (χ3v) is 3.00. The Hall–Kier alpha value is -1.49. The van der Waals surface area contributed by atoms with E-state index in [0.29, 0.717) is 18.6 Å². The molecule has 1 heterocycles. The number of nitrogens with zero attached hydrogens (tertiary/aromatic N) is 2. The van der Waals surface area contributed by atoms with E-state index in [4.69, 9.17) is 0 Å². The van der Waals surface area contributed by atoms with Crippen LogP contribution < -0.4 is 5.32 Å². The van der Waals surface area contributed by atoms with Crippen LogP contribution in [-0.2, 0) is 0 Å². The Balaban J connectivity index is 2.49. The van der Waals surface area contributed by atoms with Gasteiger partial charge in [-0.05, 0) is 33.8 Å². The highest BCUT2D eigenvalue weighted by atomic mass is 19.1. The summed E-state index contributed by atoms with van der Waals surface area (Å²) in [5, 5.41) is 2.73. The van der Waals surface area contributed by atoms with E-state index in [1.807, 2.05) is 0 Å². The zero-order chi connectivity index (χ0) is 14.4. The minimum absolute atomic E-state index is 0.0376. The van der Waals surface area contributed by atoms with Crippen LogP contribution in [0.15, 0.2) is 18.5 Å². The van der Waals surface area contributed by atoms with Crippen LogP contribution in [0.1, 0.15) is 38.1 Å². The van der Waals surface area contributed by atoms with Crippen LogP contribution in [0, 0.1) is 5.82 Å². The topological polar surface area (TPSA) is 45.2 Å². The van der Waals surface area contributed by atoms with Crippen LogP contribution in [0.3, 0.4) is 0 Å². The maximum absolute atomic E-state index is 13.3. The molecule has 1 aromatic rings. The lowest BCUT2D eigenvalue weighted by Gasteiger charge is -2.30. The molecular weight excluding hydrogens is 245 g/mol. The summed E-state index contributed by atoms with van der Waals surface area (Å²) in [4.78, 5) is 17.7. The molecule has 0 radical (unpaired) electrons. The third-order valence-electron chi connectivity index (χ3n) is 3.00. The molecule has 1 amide bonds. The lowest BCUT2D eigenvalue weighted by atomic mass is 10.2. The summed E-state index contributed by atoms with van der Waals surface area (Å²) in [6.07, 6.45) is 2.45. The van der Waals surface area contributed by atoms with Gasteiger partial charge < -0.3 is 5.32 Å². The average molecular weight is 267 g/mol. The van der Waals surface area contributed by atoms with Gasteiger partial charge in [-0.25, -0.2) is 4.39 Å². The highest BCUT2D eigenvalue weighted by molar-refractivity contribution is 5.94. The van der Waals surface area contributed by atoms with Crippen LogP contribution >= 0.6 is 0 Å². The van der Waals surface area contributed by atoms with Gasteiger partial charge in [-0.1, -0.05) is 0 Å². The molecule has 106 valence electrons. The number of nitrogens with one attached hydrogen (secondary N) is 1. The summed E-state index contributed by atoms with van der Waals surface area (Å²) in [5.74, 6) is -0.989.